The molecule has 4 nitrogen and oxygen atoms in total. The summed E-state index contributed by atoms with van der Waals surface area (Å²) < 4.78 is 0. The quantitative estimate of drug-likeness (QED) is 0.778. The number of hydrogen-bond donors (Lipinski definition) is 3. The second-order valence-corrected chi connectivity index (χ2v) is 6.80. The van der Waals surface area contributed by atoms with Gasteiger partial charge in [0.25, 0.3) is 0 Å². The molecule has 1 aliphatic heterocycles. The van der Waals surface area contributed by atoms with Crippen LogP contribution in [0.5, 0.6) is 0 Å². The van der Waals surface area contributed by atoms with Crippen molar-refractivity contribution in [2.75, 3.05) is 19.6 Å². The SMILES string of the molecule is Cl.O=C(NCC1CNCC1O)C1CC12CCc1ccccc12. The maximum absolute atomic E-state index is 12.4. The first-order chi connectivity index (χ1) is 10.2. The summed E-state index contributed by atoms with van der Waals surface area (Å²) in [5, 5.41) is 16.0. The molecule has 0 radical (unpaired) electrons. The average Bonchev–Trinajstić information content (AvgIpc) is 2.91. The lowest BCUT2D eigenvalue weighted by molar-refractivity contribution is -0.123. The Kier molecular flexibility index (Phi) is 4.19. The Morgan fingerprint density at radius 1 is 1.36 bits per heavy atom. The Bertz CT molecular complexity index is 580. The fourth-order valence-corrected chi connectivity index (χ4v) is 4.22. The van der Waals surface area contributed by atoms with Gasteiger partial charge >= 0.3 is 0 Å². The first kappa shape index (κ1) is 15.8. The van der Waals surface area contributed by atoms with Crippen molar-refractivity contribution in [2.24, 2.45) is 11.8 Å². The van der Waals surface area contributed by atoms with Crippen LogP contribution in [0.1, 0.15) is 24.0 Å². The number of aliphatic hydroxyl groups excluding tert-OH is 1. The molecule has 22 heavy (non-hydrogen) atoms. The second-order valence-electron chi connectivity index (χ2n) is 6.80. The maximum atomic E-state index is 12.4. The minimum absolute atomic E-state index is 0. The van der Waals surface area contributed by atoms with E-state index in [0.717, 1.165) is 25.8 Å². The van der Waals surface area contributed by atoms with Gasteiger partial charge in [0, 0.05) is 36.9 Å². The molecule has 0 bridgehead atoms. The van der Waals surface area contributed by atoms with E-state index < -0.39 is 0 Å². The molecule has 1 saturated heterocycles. The van der Waals surface area contributed by atoms with Crippen molar-refractivity contribution < 1.29 is 9.90 Å². The van der Waals surface area contributed by atoms with Gasteiger partial charge in [0.05, 0.1) is 6.10 Å². The van der Waals surface area contributed by atoms with E-state index in [4.69, 9.17) is 0 Å². The smallest absolute Gasteiger partial charge is 0.224 e. The lowest BCUT2D eigenvalue weighted by Crippen LogP contribution is -2.36. The van der Waals surface area contributed by atoms with Crippen LogP contribution in [0.4, 0.5) is 0 Å². The van der Waals surface area contributed by atoms with Crippen LogP contribution in [0.15, 0.2) is 24.3 Å². The highest BCUT2D eigenvalue weighted by molar-refractivity contribution is 5.85. The molecule has 4 rings (SSSR count). The number of aliphatic hydroxyl groups is 1. The molecule has 1 spiro atoms. The molecule has 4 atom stereocenters. The molecule has 1 aromatic rings. The Balaban J connectivity index is 0.00000144. The van der Waals surface area contributed by atoms with E-state index in [9.17, 15) is 9.90 Å². The number of halogens is 1. The molecule has 0 aromatic heterocycles. The standard InChI is InChI=1S/C17H22N2O2.ClH/c20-15-10-18-8-12(15)9-19-16(21)14-7-17(14)6-5-11-3-1-2-4-13(11)17;/h1-4,12,14-15,18,20H,5-10H2,(H,19,21);1H. The van der Waals surface area contributed by atoms with Gasteiger partial charge in [-0.2, -0.15) is 0 Å². The molecule has 4 unspecified atom stereocenters. The van der Waals surface area contributed by atoms with E-state index in [0.29, 0.717) is 13.1 Å². The van der Waals surface area contributed by atoms with Gasteiger partial charge < -0.3 is 15.7 Å². The zero-order valence-corrected chi connectivity index (χ0v) is 13.4. The van der Waals surface area contributed by atoms with Gasteiger partial charge in [-0.15, -0.1) is 12.4 Å². The summed E-state index contributed by atoms with van der Waals surface area (Å²) in [6.45, 7) is 2.02. The van der Waals surface area contributed by atoms with E-state index in [1.54, 1.807) is 0 Å². The second kappa shape index (κ2) is 5.84. The van der Waals surface area contributed by atoms with Gasteiger partial charge in [0.2, 0.25) is 5.91 Å². The third kappa shape index (κ3) is 2.43. The summed E-state index contributed by atoms with van der Waals surface area (Å²) in [4.78, 5) is 12.4. The lowest BCUT2D eigenvalue weighted by Gasteiger charge is -2.15. The summed E-state index contributed by atoms with van der Waals surface area (Å²) in [5.74, 6) is 0.456. The Hall–Kier alpha value is -1.10. The fourth-order valence-electron chi connectivity index (χ4n) is 4.22. The van der Waals surface area contributed by atoms with E-state index in [1.807, 2.05) is 0 Å². The van der Waals surface area contributed by atoms with Crippen LogP contribution in [0.3, 0.4) is 0 Å². The van der Waals surface area contributed by atoms with E-state index >= 15 is 0 Å². The summed E-state index contributed by atoms with van der Waals surface area (Å²) >= 11 is 0. The van der Waals surface area contributed by atoms with E-state index in [1.165, 1.54) is 11.1 Å². The average molecular weight is 323 g/mol. The molecule has 1 saturated carbocycles. The number of carbonyl (C=O) groups excluding carboxylic acids is 1. The minimum atomic E-state index is -0.328. The first-order valence-corrected chi connectivity index (χ1v) is 7.95. The molecular weight excluding hydrogens is 300 g/mol. The first-order valence-electron chi connectivity index (χ1n) is 7.95. The van der Waals surface area contributed by atoms with Gasteiger partial charge in [0.1, 0.15) is 0 Å². The zero-order chi connectivity index (χ0) is 14.4. The molecule has 1 amide bonds. The number of rotatable bonds is 3. The monoisotopic (exact) mass is 322 g/mol. The fraction of sp³-hybridized carbons (Fsp3) is 0.588. The number of aryl methyl sites for hydroxylation is 1. The molecule has 3 aliphatic rings. The van der Waals surface area contributed by atoms with Gasteiger partial charge in [-0.05, 0) is 30.4 Å². The number of hydrogen-bond acceptors (Lipinski definition) is 3. The summed E-state index contributed by atoms with van der Waals surface area (Å²) in [7, 11) is 0. The molecule has 120 valence electrons. The van der Waals surface area contributed by atoms with E-state index in [2.05, 4.69) is 34.9 Å². The number of β-amino-alcohol motifs (C(OH)–C–C–N with tert-alkyl or cyclic N) is 1. The van der Waals surface area contributed by atoms with Crippen molar-refractivity contribution in [1.82, 2.24) is 10.6 Å². The van der Waals surface area contributed by atoms with Gasteiger partial charge in [-0.25, -0.2) is 0 Å². The summed E-state index contributed by atoms with van der Waals surface area (Å²) in [6, 6.07) is 8.56. The Labute approximate surface area is 137 Å². The van der Waals surface area contributed by atoms with Crippen molar-refractivity contribution >= 4 is 18.3 Å². The highest BCUT2D eigenvalue weighted by atomic mass is 35.5. The zero-order valence-electron chi connectivity index (χ0n) is 12.5. The van der Waals surface area contributed by atoms with Crippen LogP contribution in [0.2, 0.25) is 0 Å². The lowest BCUT2D eigenvalue weighted by atomic mass is 9.95. The molecule has 1 aromatic carbocycles. The minimum Gasteiger partial charge on any atom is -0.391 e. The van der Waals surface area contributed by atoms with Crippen molar-refractivity contribution in [2.45, 2.75) is 30.8 Å². The Morgan fingerprint density at radius 2 is 2.18 bits per heavy atom. The molecule has 2 fully saturated rings. The molecule has 3 N–H and O–H groups in total. The highest BCUT2D eigenvalue weighted by Gasteiger charge is 2.61. The predicted octanol–water partition coefficient (Wildman–Crippen LogP) is 1.01. The Morgan fingerprint density at radius 3 is 2.95 bits per heavy atom. The molecule has 2 aliphatic carbocycles. The summed E-state index contributed by atoms with van der Waals surface area (Å²) in [5.41, 5.74) is 2.93. The maximum Gasteiger partial charge on any atom is 0.224 e. The van der Waals surface area contributed by atoms with Crippen LogP contribution in [0, 0.1) is 11.8 Å². The molecular formula is C17H23ClN2O2. The van der Waals surface area contributed by atoms with E-state index in [-0.39, 0.29) is 41.7 Å². The van der Waals surface area contributed by atoms with Gasteiger partial charge in [-0.1, -0.05) is 24.3 Å². The normalized spacial score (nSPS) is 35.0. The number of benzene rings is 1. The van der Waals surface area contributed by atoms with Crippen LogP contribution in [-0.4, -0.2) is 36.8 Å². The van der Waals surface area contributed by atoms with Crippen molar-refractivity contribution in [1.29, 1.82) is 0 Å². The number of carbonyl (C=O) groups is 1. The van der Waals surface area contributed by atoms with Crippen LogP contribution in [0.25, 0.3) is 0 Å². The van der Waals surface area contributed by atoms with Gasteiger partial charge in [-0.3, -0.25) is 4.79 Å². The van der Waals surface area contributed by atoms with Crippen LogP contribution >= 0.6 is 12.4 Å². The highest BCUT2D eigenvalue weighted by Crippen LogP contribution is 2.61. The van der Waals surface area contributed by atoms with Crippen molar-refractivity contribution in [3.05, 3.63) is 35.4 Å². The summed E-state index contributed by atoms with van der Waals surface area (Å²) in [6.07, 6.45) is 2.87. The van der Waals surface area contributed by atoms with Crippen LogP contribution in [-0.2, 0) is 16.6 Å². The topological polar surface area (TPSA) is 61.4 Å². The van der Waals surface area contributed by atoms with Crippen molar-refractivity contribution in [3.63, 3.8) is 0 Å². The van der Waals surface area contributed by atoms with Crippen LogP contribution < -0.4 is 10.6 Å². The number of nitrogens with one attached hydrogen (secondary N) is 2. The van der Waals surface area contributed by atoms with Gasteiger partial charge in [0.15, 0.2) is 0 Å². The third-order valence-corrected chi connectivity index (χ3v) is 5.63. The molecule has 5 heteroatoms. The van der Waals surface area contributed by atoms with Crippen molar-refractivity contribution in [3.8, 4) is 0 Å². The predicted molar refractivity (Wildman–Crippen MR) is 87.2 cm³/mol. The third-order valence-electron chi connectivity index (χ3n) is 5.63. The number of fused-ring (bicyclic) bond motifs is 2. The largest absolute Gasteiger partial charge is 0.391 e. The molecule has 1 heterocycles. The number of amides is 1.